The zero-order chi connectivity index (χ0) is 20.0. The monoisotopic (exact) mass is 371 g/mol. The lowest BCUT2D eigenvalue weighted by molar-refractivity contribution is 0.0126. The van der Waals surface area contributed by atoms with E-state index in [1.165, 1.54) is 0 Å². The van der Waals surface area contributed by atoms with Crippen LogP contribution in [0.2, 0.25) is 0 Å². The van der Waals surface area contributed by atoms with Crippen LogP contribution in [0.3, 0.4) is 0 Å². The number of nitriles is 1. The van der Waals surface area contributed by atoms with Crippen molar-refractivity contribution in [2.75, 3.05) is 27.2 Å². The Morgan fingerprint density at radius 3 is 2.52 bits per heavy atom. The van der Waals surface area contributed by atoms with Gasteiger partial charge in [0.25, 0.3) is 0 Å². The van der Waals surface area contributed by atoms with Crippen molar-refractivity contribution in [2.24, 2.45) is 0 Å². The van der Waals surface area contributed by atoms with Gasteiger partial charge in [0.1, 0.15) is 17.5 Å². The van der Waals surface area contributed by atoms with Crippen LogP contribution in [0.4, 0.5) is 4.79 Å². The minimum Gasteiger partial charge on any atom is -0.490 e. The van der Waals surface area contributed by atoms with Crippen LogP contribution >= 0.6 is 0 Å². The fraction of sp³-hybridized carbons (Fsp3) is 0.524. The standard InChI is InChI=1S/C21H29N3O3/c1-21(2,3)27-20(25)24-12-9-18(10-13-24)26-19-7-6-17(15-22)16(14-19)8-11-23(4)5/h6-8,11,14,18H,9-10,12-13H2,1-5H3/b11-8+. The zero-order valence-electron chi connectivity index (χ0n) is 16.9. The van der Waals surface area contributed by atoms with Gasteiger partial charge in [-0.3, -0.25) is 0 Å². The minimum absolute atomic E-state index is 0.0438. The quantitative estimate of drug-likeness (QED) is 0.804. The van der Waals surface area contributed by atoms with Crippen LogP contribution in [0.1, 0.15) is 44.7 Å². The summed E-state index contributed by atoms with van der Waals surface area (Å²) in [6.45, 7) is 6.84. The third-order valence-electron chi connectivity index (χ3n) is 4.09. The average molecular weight is 371 g/mol. The molecule has 1 aliphatic rings. The summed E-state index contributed by atoms with van der Waals surface area (Å²) < 4.78 is 11.5. The molecule has 2 rings (SSSR count). The summed E-state index contributed by atoms with van der Waals surface area (Å²) in [5, 5.41) is 9.27. The maximum absolute atomic E-state index is 12.1. The molecule has 0 unspecified atom stereocenters. The van der Waals surface area contributed by atoms with Gasteiger partial charge in [-0.25, -0.2) is 4.79 Å². The number of hydrogen-bond donors (Lipinski definition) is 0. The molecule has 1 amide bonds. The van der Waals surface area contributed by atoms with Crippen molar-refractivity contribution in [2.45, 2.75) is 45.3 Å². The summed E-state index contributed by atoms with van der Waals surface area (Å²) in [5.74, 6) is 0.739. The molecule has 1 saturated heterocycles. The van der Waals surface area contributed by atoms with Crippen LogP contribution in [-0.4, -0.2) is 54.8 Å². The molecule has 0 N–H and O–H groups in total. The van der Waals surface area contributed by atoms with Crippen LogP contribution < -0.4 is 4.74 Å². The Morgan fingerprint density at radius 1 is 1.30 bits per heavy atom. The highest BCUT2D eigenvalue weighted by Crippen LogP contribution is 2.24. The molecule has 1 fully saturated rings. The number of amides is 1. The van der Waals surface area contributed by atoms with Gasteiger partial charge in [-0.05, 0) is 56.8 Å². The summed E-state index contributed by atoms with van der Waals surface area (Å²) in [5.41, 5.74) is 0.957. The van der Waals surface area contributed by atoms with Crippen LogP contribution in [0, 0.1) is 11.3 Å². The molecule has 0 spiro atoms. The number of likely N-dealkylation sites (tertiary alicyclic amines) is 1. The molecule has 0 atom stereocenters. The highest BCUT2D eigenvalue weighted by Gasteiger charge is 2.27. The molecule has 1 aromatic rings. The van der Waals surface area contributed by atoms with Gasteiger partial charge in [0.05, 0.1) is 11.6 Å². The lowest BCUT2D eigenvalue weighted by Gasteiger charge is -2.33. The molecule has 1 aliphatic heterocycles. The van der Waals surface area contributed by atoms with E-state index in [0.717, 1.165) is 24.2 Å². The van der Waals surface area contributed by atoms with Gasteiger partial charge < -0.3 is 19.3 Å². The SMILES string of the molecule is CN(C)/C=C/c1cc(OC2CCN(C(=O)OC(C)(C)C)CC2)ccc1C#N. The van der Waals surface area contributed by atoms with E-state index in [1.54, 1.807) is 11.0 Å². The Morgan fingerprint density at radius 2 is 1.96 bits per heavy atom. The van der Waals surface area contributed by atoms with E-state index in [1.807, 2.05) is 64.2 Å². The summed E-state index contributed by atoms with van der Waals surface area (Å²) >= 11 is 0. The van der Waals surface area contributed by atoms with Gasteiger partial charge in [-0.1, -0.05) is 0 Å². The van der Waals surface area contributed by atoms with E-state index in [-0.39, 0.29) is 12.2 Å². The van der Waals surface area contributed by atoms with Crippen molar-refractivity contribution in [3.05, 3.63) is 35.5 Å². The maximum atomic E-state index is 12.1. The molecular formula is C21H29N3O3. The van der Waals surface area contributed by atoms with Crippen molar-refractivity contribution in [3.63, 3.8) is 0 Å². The predicted molar refractivity (Wildman–Crippen MR) is 105 cm³/mol. The molecular weight excluding hydrogens is 342 g/mol. The van der Waals surface area contributed by atoms with Crippen molar-refractivity contribution in [3.8, 4) is 11.8 Å². The molecule has 146 valence electrons. The van der Waals surface area contributed by atoms with E-state index >= 15 is 0 Å². The van der Waals surface area contributed by atoms with Gasteiger partial charge in [0, 0.05) is 40.0 Å². The number of piperidine rings is 1. The van der Waals surface area contributed by atoms with E-state index in [0.29, 0.717) is 18.7 Å². The fourth-order valence-electron chi connectivity index (χ4n) is 2.76. The number of rotatable bonds is 4. The van der Waals surface area contributed by atoms with E-state index in [9.17, 15) is 10.1 Å². The smallest absolute Gasteiger partial charge is 0.410 e. The highest BCUT2D eigenvalue weighted by molar-refractivity contribution is 5.68. The zero-order valence-corrected chi connectivity index (χ0v) is 16.9. The van der Waals surface area contributed by atoms with E-state index in [4.69, 9.17) is 9.47 Å². The molecule has 1 heterocycles. The third kappa shape index (κ3) is 6.52. The minimum atomic E-state index is -0.483. The highest BCUT2D eigenvalue weighted by atomic mass is 16.6. The van der Waals surface area contributed by atoms with Gasteiger partial charge in [0.2, 0.25) is 0 Å². The Balaban J connectivity index is 1.96. The number of hydrogen-bond acceptors (Lipinski definition) is 5. The number of benzene rings is 1. The molecule has 0 radical (unpaired) electrons. The van der Waals surface area contributed by atoms with Crippen molar-refractivity contribution < 1.29 is 14.3 Å². The van der Waals surface area contributed by atoms with Crippen molar-refractivity contribution in [1.82, 2.24) is 9.80 Å². The largest absolute Gasteiger partial charge is 0.490 e. The first-order valence-corrected chi connectivity index (χ1v) is 9.21. The Kier molecular flexibility index (Phi) is 6.73. The molecule has 27 heavy (non-hydrogen) atoms. The number of carbonyl (C=O) groups excluding carboxylic acids is 1. The summed E-state index contributed by atoms with van der Waals surface area (Å²) in [6, 6.07) is 7.69. The first kappa shape index (κ1) is 20.6. The fourth-order valence-corrected chi connectivity index (χ4v) is 2.76. The van der Waals surface area contributed by atoms with Gasteiger partial charge >= 0.3 is 6.09 Å². The first-order chi connectivity index (χ1) is 12.7. The number of ether oxygens (including phenoxy) is 2. The van der Waals surface area contributed by atoms with Crippen molar-refractivity contribution >= 4 is 12.2 Å². The lowest BCUT2D eigenvalue weighted by atomic mass is 10.1. The lowest BCUT2D eigenvalue weighted by Crippen LogP contribution is -2.44. The molecule has 0 saturated carbocycles. The Labute approximate surface area is 162 Å². The number of carbonyl (C=O) groups is 1. The van der Waals surface area contributed by atoms with Gasteiger partial charge in [-0.2, -0.15) is 5.26 Å². The topological polar surface area (TPSA) is 65.8 Å². The summed E-state index contributed by atoms with van der Waals surface area (Å²) in [6.07, 6.45) is 5.08. The molecule has 6 heteroatoms. The van der Waals surface area contributed by atoms with Crippen LogP contribution in [-0.2, 0) is 4.74 Å². The second-order valence-electron chi connectivity index (χ2n) is 7.92. The second-order valence-corrected chi connectivity index (χ2v) is 7.92. The van der Waals surface area contributed by atoms with Crippen molar-refractivity contribution in [1.29, 1.82) is 5.26 Å². The summed E-state index contributed by atoms with van der Waals surface area (Å²) in [4.78, 5) is 15.8. The predicted octanol–water partition coefficient (Wildman–Crippen LogP) is 3.87. The molecule has 0 aromatic heterocycles. The third-order valence-corrected chi connectivity index (χ3v) is 4.09. The average Bonchev–Trinajstić information content (AvgIpc) is 2.59. The van der Waals surface area contributed by atoms with Crippen LogP contribution in [0.25, 0.3) is 6.08 Å². The first-order valence-electron chi connectivity index (χ1n) is 9.21. The van der Waals surface area contributed by atoms with Gasteiger partial charge in [-0.15, -0.1) is 0 Å². The van der Waals surface area contributed by atoms with Crippen LogP contribution in [0.5, 0.6) is 5.75 Å². The number of nitrogens with zero attached hydrogens (tertiary/aromatic N) is 3. The van der Waals surface area contributed by atoms with Gasteiger partial charge in [0.15, 0.2) is 0 Å². The maximum Gasteiger partial charge on any atom is 0.410 e. The molecule has 1 aromatic carbocycles. The van der Waals surface area contributed by atoms with Crippen LogP contribution in [0.15, 0.2) is 24.4 Å². The Hall–Kier alpha value is -2.68. The Bertz CT molecular complexity index is 721. The van der Waals surface area contributed by atoms with E-state index in [2.05, 4.69) is 6.07 Å². The molecule has 0 bridgehead atoms. The second kappa shape index (κ2) is 8.81. The van der Waals surface area contributed by atoms with E-state index < -0.39 is 5.60 Å². The molecule has 0 aliphatic carbocycles. The normalized spacial score (nSPS) is 15.5. The molecule has 6 nitrogen and oxygen atoms in total. The summed E-state index contributed by atoms with van der Waals surface area (Å²) in [7, 11) is 3.86.